The van der Waals surface area contributed by atoms with Crippen LogP contribution >= 0.6 is 0 Å². The summed E-state index contributed by atoms with van der Waals surface area (Å²) >= 11 is 0. The molecule has 0 fully saturated rings. The number of aromatic nitrogens is 3. The maximum Gasteiger partial charge on any atom is 0.246 e. The van der Waals surface area contributed by atoms with Gasteiger partial charge >= 0.3 is 0 Å². The SMILES string of the molecule is CCc1noc(Cn2ccc3cc(F)ccc32)n1. The van der Waals surface area contributed by atoms with E-state index in [9.17, 15) is 4.39 Å². The van der Waals surface area contributed by atoms with E-state index in [2.05, 4.69) is 10.1 Å². The molecule has 0 saturated heterocycles. The first-order valence-corrected chi connectivity index (χ1v) is 5.82. The van der Waals surface area contributed by atoms with E-state index in [4.69, 9.17) is 4.52 Å². The Morgan fingerprint density at radius 3 is 3.00 bits per heavy atom. The molecule has 3 rings (SSSR count). The average molecular weight is 245 g/mol. The molecule has 0 aliphatic heterocycles. The summed E-state index contributed by atoms with van der Waals surface area (Å²) < 4.78 is 20.2. The second kappa shape index (κ2) is 4.25. The van der Waals surface area contributed by atoms with E-state index >= 15 is 0 Å². The third-order valence-corrected chi connectivity index (χ3v) is 2.87. The number of aryl methyl sites for hydroxylation is 1. The topological polar surface area (TPSA) is 43.9 Å². The average Bonchev–Trinajstić information content (AvgIpc) is 2.97. The number of hydrogen-bond acceptors (Lipinski definition) is 3. The number of nitrogens with zero attached hydrogens (tertiary/aromatic N) is 3. The summed E-state index contributed by atoms with van der Waals surface area (Å²) in [6.07, 6.45) is 2.64. The van der Waals surface area contributed by atoms with E-state index in [1.807, 2.05) is 23.8 Å². The summed E-state index contributed by atoms with van der Waals surface area (Å²) in [5.74, 6) is 1.03. The summed E-state index contributed by atoms with van der Waals surface area (Å²) in [4.78, 5) is 4.26. The fourth-order valence-electron chi connectivity index (χ4n) is 1.95. The Bertz CT molecular complexity index is 686. The van der Waals surface area contributed by atoms with E-state index in [0.29, 0.717) is 18.3 Å². The Balaban J connectivity index is 1.95. The van der Waals surface area contributed by atoms with Gasteiger partial charge in [0.05, 0.1) is 0 Å². The second-order valence-electron chi connectivity index (χ2n) is 4.10. The summed E-state index contributed by atoms with van der Waals surface area (Å²) in [5, 5.41) is 4.72. The van der Waals surface area contributed by atoms with Crippen LogP contribution < -0.4 is 0 Å². The molecular weight excluding hydrogens is 233 g/mol. The van der Waals surface area contributed by atoms with Crippen LogP contribution in [0.25, 0.3) is 10.9 Å². The number of rotatable bonds is 3. The van der Waals surface area contributed by atoms with E-state index in [1.165, 1.54) is 12.1 Å². The lowest BCUT2D eigenvalue weighted by atomic mass is 10.2. The van der Waals surface area contributed by atoms with Crippen LogP contribution in [0.5, 0.6) is 0 Å². The van der Waals surface area contributed by atoms with Gasteiger partial charge in [-0.25, -0.2) is 4.39 Å². The quantitative estimate of drug-likeness (QED) is 0.712. The number of fused-ring (bicyclic) bond motifs is 1. The number of hydrogen-bond donors (Lipinski definition) is 0. The zero-order valence-electron chi connectivity index (χ0n) is 9.93. The summed E-state index contributed by atoms with van der Waals surface area (Å²) in [6, 6.07) is 6.58. The van der Waals surface area contributed by atoms with E-state index in [-0.39, 0.29) is 5.82 Å². The third kappa shape index (κ3) is 1.88. The number of halogens is 1. The van der Waals surface area contributed by atoms with E-state index in [0.717, 1.165) is 17.3 Å². The Hall–Kier alpha value is -2.17. The highest BCUT2D eigenvalue weighted by molar-refractivity contribution is 5.80. The standard InChI is InChI=1S/C13H12FN3O/c1-2-12-15-13(18-16-12)8-17-6-5-9-7-10(14)3-4-11(9)17/h3-7H,2,8H2,1H3. The van der Waals surface area contributed by atoms with Gasteiger partial charge in [-0.3, -0.25) is 0 Å². The molecule has 18 heavy (non-hydrogen) atoms. The van der Waals surface area contributed by atoms with Gasteiger partial charge in [0.2, 0.25) is 5.89 Å². The molecule has 1 aromatic carbocycles. The predicted octanol–water partition coefficient (Wildman–Crippen LogP) is 2.77. The molecule has 0 aliphatic carbocycles. The van der Waals surface area contributed by atoms with Gasteiger partial charge in [-0.2, -0.15) is 4.98 Å². The molecule has 0 aliphatic rings. The van der Waals surface area contributed by atoms with Crippen molar-refractivity contribution in [3.8, 4) is 0 Å². The molecule has 0 N–H and O–H groups in total. The lowest BCUT2D eigenvalue weighted by molar-refractivity contribution is 0.368. The van der Waals surface area contributed by atoms with Crippen molar-refractivity contribution in [1.82, 2.24) is 14.7 Å². The van der Waals surface area contributed by atoms with Crippen molar-refractivity contribution in [3.05, 3.63) is 48.0 Å². The largest absolute Gasteiger partial charge is 0.338 e. The molecular formula is C13H12FN3O. The summed E-state index contributed by atoms with van der Waals surface area (Å²) in [7, 11) is 0. The van der Waals surface area contributed by atoms with Gasteiger partial charge in [0.25, 0.3) is 0 Å². The van der Waals surface area contributed by atoms with Crippen molar-refractivity contribution in [2.24, 2.45) is 0 Å². The Kier molecular flexibility index (Phi) is 2.59. The molecule has 3 aromatic rings. The van der Waals surface area contributed by atoms with Crippen molar-refractivity contribution in [2.45, 2.75) is 19.9 Å². The summed E-state index contributed by atoms with van der Waals surface area (Å²) in [6.45, 7) is 2.48. The highest BCUT2D eigenvalue weighted by Crippen LogP contribution is 2.18. The zero-order chi connectivity index (χ0) is 12.5. The normalized spacial score (nSPS) is 11.2. The molecule has 0 unspecified atom stereocenters. The first kappa shape index (κ1) is 11.0. The number of benzene rings is 1. The highest BCUT2D eigenvalue weighted by atomic mass is 19.1. The van der Waals surface area contributed by atoms with Crippen LogP contribution in [0.1, 0.15) is 18.6 Å². The van der Waals surface area contributed by atoms with Crippen molar-refractivity contribution >= 4 is 10.9 Å². The highest BCUT2D eigenvalue weighted by Gasteiger charge is 2.08. The van der Waals surface area contributed by atoms with Crippen LogP contribution in [0.15, 0.2) is 35.0 Å². The molecule has 2 heterocycles. The van der Waals surface area contributed by atoms with Crippen LogP contribution in [0.3, 0.4) is 0 Å². The Morgan fingerprint density at radius 1 is 1.33 bits per heavy atom. The van der Waals surface area contributed by atoms with Crippen molar-refractivity contribution in [2.75, 3.05) is 0 Å². The van der Waals surface area contributed by atoms with Crippen LogP contribution in [0, 0.1) is 5.82 Å². The first-order chi connectivity index (χ1) is 8.76. The molecule has 5 heteroatoms. The van der Waals surface area contributed by atoms with Crippen LogP contribution in [0.4, 0.5) is 4.39 Å². The van der Waals surface area contributed by atoms with Gasteiger partial charge in [-0.05, 0) is 24.3 Å². The van der Waals surface area contributed by atoms with Crippen molar-refractivity contribution in [3.63, 3.8) is 0 Å². The van der Waals surface area contributed by atoms with Gasteiger partial charge in [-0.1, -0.05) is 12.1 Å². The molecule has 0 radical (unpaired) electrons. The van der Waals surface area contributed by atoms with Gasteiger partial charge < -0.3 is 9.09 Å². The van der Waals surface area contributed by atoms with Gasteiger partial charge in [-0.15, -0.1) is 0 Å². The minimum absolute atomic E-state index is 0.230. The van der Waals surface area contributed by atoms with E-state index in [1.54, 1.807) is 6.07 Å². The van der Waals surface area contributed by atoms with Crippen LogP contribution in [-0.4, -0.2) is 14.7 Å². The fraction of sp³-hybridized carbons (Fsp3) is 0.231. The molecule has 0 bridgehead atoms. The molecule has 2 aromatic heterocycles. The molecule has 0 amide bonds. The molecule has 92 valence electrons. The van der Waals surface area contributed by atoms with Crippen LogP contribution in [0.2, 0.25) is 0 Å². The van der Waals surface area contributed by atoms with Crippen molar-refractivity contribution < 1.29 is 8.91 Å². The van der Waals surface area contributed by atoms with Crippen LogP contribution in [-0.2, 0) is 13.0 Å². The lowest BCUT2D eigenvalue weighted by Gasteiger charge is -2.00. The van der Waals surface area contributed by atoms with E-state index < -0.39 is 0 Å². The third-order valence-electron chi connectivity index (χ3n) is 2.87. The fourth-order valence-corrected chi connectivity index (χ4v) is 1.95. The zero-order valence-corrected chi connectivity index (χ0v) is 9.93. The molecule has 0 atom stereocenters. The molecule has 0 spiro atoms. The Morgan fingerprint density at radius 2 is 2.22 bits per heavy atom. The molecule has 0 saturated carbocycles. The minimum atomic E-state index is -0.230. The first-order valence-electron chi connectivity index (χ1n) is 5.82. The van der Waals surface area contributed by atoms with Gasteiger partial charge in [0.1, 0.15) is 12.4 Å². The second-order valence-corrected chi connectivity index (χ2v) is 4.10. The lowest BCUT2D eigenvalue weighted by Crippen LogP contribution is -1.98. The van der Waals surface area contributed by atoms with Gasteiger partial charge in [0, 0.05) is 23.5 Å². The Labute approximate surface area is 103 Å². The predicted molar refractivity (Wildman–Crippen MR) is 64.7 cm³/mol. The monoisotopic (exact) mass is 245 g/mol. The minimum Gasteiger partial charge on any atom is -0.338 e. The summed E-state index contributed by atoms with van der Waals surface area (Å²) in [5.41, 5.74) is 0.952. The maximum atomic E-state index is 13.1. The maximum absolute atomic E-state index is 13.1. The smallest absolute Gasteiger partial charge is 0.246 e. The van der Waals surface area contributed by atoms with Gasteiger partial charge in [0.15, 0.2) is 5.82 Å². The molecule has 4 nitrogen and oxygen atoms in total. The van der Waals surface area contributed by atoms with Crippen molar-refractivity contribution in [1.29, 1.82) is 0 Å².